The zero-order valence-corrected chi connectivity index (χ0v) is 10.6. The first kappa shape index (κ1) is 12.0. The lowest BCUT2D eigenvalue weighted by molar-refractivity contribution is -0.144. The minimum Gasteiger partial charge on any atom is -0.481 e. The van der Waals surface area contributed by atoms with Gasteiger partial charge in [0.05, 0.1) is 11.7 Å². The largest absolute Gasteiger partial charge is 0.481 e. The van der Waals surface area contributed by atoms with Crippen molar-refractivity contribution in [1.82, 2.24) is 0 Å². The Morgan fingerprint density at radius 1 is 1.26 bits per heavy atom. The number of rotatable bonds is 3. The van der Waals surface area contributed by atoms with Crippen molar-refractivity contribution in [3.05, 3.63) is 59.5 Å². The van der Waals surface area contributed by atoms with Gasteiger partial charge in [-0.25, -0.2) is 0 Å². The minimum atomic E-state index is -0.841. The molecule has 1 aromatic carbocycles. The molecule has 0 fully saturated rings. The van der Waals surface area contributed by atoms with Crippen LogP contribution >= 0.6 is 0 Å². The van der Waals surface area contributed by atoms with E-state index in [4.69, 9.17) is 4.42 Å². The first-order chi connectivity index (χ1) is 9.22. The lowest BCUT2D eigenvalue weighted by Gasteiger charge is -2.35. The fourth-order valence-electron chi connectivity index (χ4n) is 3.11. The van der Waals surface area contributed by atoms with Crippen LogP contribution < -0.4 is 0 Å². The summed E-state index contributed by atoms with van der Waals surface area (Å²) in [4.78, 5) is 11.9. The molecule has 1 atom stereocenters. The maximum Gasteiger partial charge on any atom is 0.314 e. The van der Waals surface area contributed by atoms with E-state index in [1.807, 2.05) is 30.3 Å². The number of aliphatic carboxylic acids is 1. The Hall–Kier alpha value is -2.03. The lowest BCUT2D eigenvalue weighted by Crippen LogP contribution is -2.41. The molecule has 3 heteroatoms. The predicted molar refractivity (Wildman–Crippen MR) is 71.1 cm³/mol. The minimum absolute atomic E-state index is 0.423. The van der Waals surface area contributed by atoms with Crippen LogP contribution in [0.4, 0.5) is 0 Å². The summed E-state index contributed by atoms with van der Waals surface area (Å²) >= 11 is 0. The molecule has 1 aromatic heterocycles. The summed E-state index contributed by atoms with van der Waals surface area (Å²) in [5, 5.41) is 9.79. The molecule has 0 amide bonds. The first-order valence-electron chi connectivity index (χ1n) is 6.56. The molecule has 0 bridgehead atoms. The van der Waals surface area contributed by atoms with Gasteiger partial charge in [0.2, 0.25) is 0 Å². The Morgan fingerprint density at radius 2 is 2.11 bits per heavy atom. The molecule has 3 nitrogen and oxygen atoms in total. The van der Waals surface area contributed by atoms with E-state index in [1.165, 1.54) is 0 Å². The topological polar surface area (TPSA) is 50.4 Å². The van der Waals surface area contributed by atoms with Gasteiger partial charge in [0, 0.05) is 6.42 Å². The van der Waals surface area contributed by atoms with Crippen molar-refractivity contribution in [1.29, 1.82) is 0 Å². The van der Waals surface area contributed by atoms with E-state index in [0.29, 0.717) is 12.8 Å². The summed E-state index contributed by atoms with van der Waals surface area (Å²) in [6, 6.07) is 11.5. The summed E-state index contributed by atoms with van der Waals surface area (Å²) < 4.78 is 5.36. The fourth-order valence-corrected chi connectivity index (χ4v) is 3.11. The molecule has 1 aliphatic carbocycles. The van der Waals surface area contributed by atoms with Crippen molar-refractivity contribution in [2.75, 3.05) is 0 Å². The molecule has 1 aliphatic rings. The number of carbonyl (C=O) groups is 1. The van der Waals surface area contributed by atoms with Gasteiger partial charge in [-0.2, -0.15) is 0 Å². The van der Waals surface area contributed by atoms with Gasteiger partial charge in [0.1, 0.15) is 5.76 Å². The van der Waals surface area contributed by atoms with Crippen LogP contribution in [-0.4, -0.2) is 11.1 Å². The van der Waals surface area contributed by atoms with Crippen molar-refractivity contribution < 1.29 is 14.3 Å². The van der Waals surface area contributed by atoms with E-state index >= 15 is 0 Å². The number of hydrogen-bond acceptors (Lipinski definition) is 2. The zero-order chi connectivity index (χ0) is 13.3. The maximum absolute atomic E-state index is 11.9. The third-order valence-electron chi connectivity index (χ3n) is 4.05. The van der Waals surface area contributed by atoms with Crippen molar-refractivity contribution in [2.24, 2.45) is 0 Å². The van der Waals surface area contributed by atoms with E-state index in [0.717, 1.165) is 29.7 Å². The summed E-state index contributed by atoms with van der Waals surface area (Å²) in [7, 11) is 0. The molecule has 0 saturated heterocycles. The normalized spacial score (nSPS) is 21.9. The molecule has 98 valence electrons. The molecular weight excluding hydrogens is 240 g/mol. The van der Waals surface area contributed by atoms with Crippen molar-refractivity contribution in [3.63, 3.8) is 0 Å². The van der Waals surface area contributed by atoms with Gasteiger partial charge in [-0.15, -0.1) is 0 Å². The van der Waals surface area contributed by atoms with Crippen LogP contribution in [0.25, 0.3) is 0 Å². The Labute approximate surface area is 111 Å². The average molecular weight is 256 g/mol. The van der Waals surface area contributed by atoms with Gasteiger partial charge < -0.3 is 9.52 Å². The number of furan rings is 1. The van der Waals surface area contributed by atoms with Gasteiger partial charge in [0.15, 0.2) is 0 Å². The van der Waals surface area contributed by atoms with Crippen LogP contribution in [0.1, 0.15) is 29.7 Å². The Morgan fingerprint density at radius 3 is 2.84 bits per heavy atom. The van der Waals surface area contributed by atoms with Crippen LogP contribution in [0.15, 0.2) is 47.1 Å². The number of aryl methyl sites for hydroxylation is 1. The highest BCUT2D eigenvalue weighted by atomic mass is 16.4. The lowest BCUT2D eigenvalue weighted by atomic mass is 9.67. The summed E-state index contributed by atoms with van der Waals surface area (Å²) in [6.07, 6.45) is 4.55. The first-order valence-corrected chi connectivity index (χ1v) is 6.56. The molecular formula is C16H16O3. The Balaban J connectivity index is 2.09. The van der Waals surface area contributed by atoms with E-state index in [2.05, 4.69) is 0 Å². The van der Waals surface area contributed by atoms with E-state index in [9.17, 15) is 9.90 Å². The second-order valence-electron chi connectivity index (χ2n) is 5.15. The van der Waals surface area contributed by atoms with Crippen molar-refractivity contribution >= 4 is 5.97 Å². The fraction of sp³-hybridized carbons (Fsp3) is 0.312. The monoisotopic (exact) mass is 256 g/mol. The third-order valence-corrected chi connectivity index (χ3v) is 4.05. The standard InChI is InChI=1S/C16H16O3/c17-15(18)16(11-13-7-4-10-19-13)9-3-6-12-5-1-2-8-14(12)16/h1-2,4-5,7-8,10H,3,6,9,11H2,(H,17,18). The molecule has 1 unspecified atom stereocenters. The van der Waals surface area contributed by atoms with Crippen molar-refractivity contribution in [3.8, 4) is 0 Å². The van der Waals surface area contributed by atoms with Crippen LogP contribution in [-0.2, 0) is 23.1 Å². The molecule has 2 aromatic rings. The second kappa shape index (κ2) is 4.57. The Bertz CT molecular complexity index is 586. The highest BCUT2D eigenvalue weighted by Gasteiger charge is 2.44. The van der Waals surface area contributed by atoms with E-state index in [-0.39, 0.29) is 0 Å². The van der Waals surface area contributed by atoms with Gasteiger partial charge in [-0.1, -0.05) is 24.3 Å². The number of carboxylic acids is 1. The number of carboxylic acid groups (broad SMARTS) is 1. The molecule has 0 radical (unpaired) electrons. The third kappa shape index (κ3) is 1.95. The molecule has 0 spiro atoms. The summed E-state index contributed by atoms with van der Waals surface area (Å²) in [6.45, 7) is 0. The van der Waals surface area contributed by atoms with E-state index < -0.39 is 11.4 Å². The molecule has 3 rings (SSSR count). The molecule has 19 heavy (non-hydrogen) atoms. The van der Waals surface area contributed by atoms with E-state index in [1.54, 1.807) is 12.3 Å². The highest BCUT2D eigenvalue weighted by Crippen LogP contribution is 2.40. The van der Waals surface area contributed by atoms with Gasteiger partial charge in [-0.05, 0) is 42.5 Å². The summed E-state index contributed by atoms with van der Waals surface area (Å²) in [5.41, 5.74) is 1.26. The van der Waals surface area contributed by atoms with Gasteiger partial charge in [0.25, 0.3) is 0 Å². The Kier molecular flexibility index (Phi) is 2.90. The molecule has 0 aliphatic heterocycles. The van der Waals surface area contributed by atoms with Gasteiger partial charge in [-0.3, -0.25) is 4.79 Å². The second-order valence-corrected chi connectivity index (χ2v) is 5.15. The number of hydrogen-bond donors (Lipinski definition) is 1. The van der Waals surface area contributed by atoms with Crippen LogP contribution in [0, 0.1) is 0 Å². The molecule has 1 N–H and O–H groups in total. The molecule has 0 saturated carbocycles. The summed E-state index contributed by atoms with van der Waals surface area (Å²) in [5.74, 6) is -0.0184. The maximum atomic E-state index is 11.9. The van der Waals surface area contributed by atoms with Gasteiger partial charge >= 0.3 is 5.97 Å². The quantitative estimate of drug-likeness (QED) is 0.917. The smallest absolute Gasteiger partial charge is 0.314 e. The van der Waals surface area contributed by atoms with Crippen LogP contribution in [0.3, 0.4) is 0 Å². The van der Waals surface area contributed by atoms with Crippen molar-refractivity contribution in [2.45, 2.75) is 31.1 Å². The zero-order valence-electron chi connectivity index (χ0n) is 10.6. The van der Waals surface area contributed by atoms with Crippen LogP contribution in [0.5, 0.6) is 0 Å². The number of fused-ring (bicyclic) bond motifs is 1. The number of benzene rings is 1. The predicted octanol–water partition coefficient (Wildman–Crippen LogP) is 3.18. The SMILES string of the molecule is O=C(O)C1(Cc2ccco2)CCCc2ccccc21. The highest BCUT2D eigenvalue weighted by molar-refractivity contribution is 5.82. The average Bonchev–Trinajstić information content (AvgIpc) is 2.91. The molecule has 1 heterocycles. The van der Waals surface area contributed by atoms with Crippen LogP contribution in [0.2, 0.25) is 0 Å².